The van der Waals surface area contributed by atoms with Crippen LogP contribution in [-0.2, 0) is 31.3 Å². The van der Waals surface area contributed by atoms with Crippen LogP contribution in [0.2, 0.25) is 0 Å². The van der Waals surface area contributed by atoms with Gasteiger partial charge in [0.1, 0.15) is 0 Å². The molecule has 3 rings (SSSR count). The molecule has 0 unspecified atom stereocenters. The number of aromatic nitrogens is 1. The molecule has 0 N–H and O–H groups in total. The predicted molar refractivity (Wildman–Crippen MR) is 118 cm³/mol. The molecule has 0 saturated carbocycles. The van der Waals surface area contributed by atoms with E-state index in [1.165, 1.54) is 6.07 Å². The molecule has 1 heterocycles. The minimum Gasteiger partial charge on any atom is -0.873 e. The summed E-state index contributed by atoms with van der Waals surface area (Å²) in [5.74, 6) is -0.130. The molecule has 3 aromatic rings. The number of hydrogen-bond acceptors (Lipinski definition) is 5. The van der Waals surface area contributed by atoms with Crippen molar-refractivity contribution in [3.05, 3.63) is 78.0 Å². The third kappa shape index (κ3) is 8.24. The number of nitrogens with zero attached hydrogens (tertiary/aromatic N) is 3. The van der Waals surface area contributed by atoms with E-state index in [0.29, 0.717) is 11.4 Å². The largest absolute Gasteiger partial charge is 2.00 e. The maximum Gasteiger partial charge on any atom is 2.00 e. The molecular weight excluding hydrogens is 481 g/mol. The van der Waals surface area contributed by atoms with E-state index in [0.717, 1.165) is 11.3 Å². The first kappa shape index (κ1) is 26.5. The molecule has 2 aromatic carbocycles. The summed E-state index contributed by atoms with van der Waals surface area (Å²) >= 11 is 0. The Morgan fingerprint density at radius 1 is 0.742 bits per heavy atom. The average molecular weight is 510 g/mol. The number of azo groups is 1. The predicted octanol–water partition coefficient (Wildman–Crippen LogP) is 5.92. The number of hydrogen-bond donors (Lipinski definition) is 0. The van der Waals surface area contributed by atoms with Gasteiger partial charge in [-0.1, -0.05) is 83.5 Å². The molecule has 1 aromatic heterocycles. The zero-order valence-corrected chi connectivity index (χ0v) is 20.4. The van der Waals surface area contributed by atoms with Crippen LogP contribution in [0.4, 0.5) is 11.5 Å². The van der Waals surface area contributed by atoms with E-state index in [9.17, 15) is 10.2 Å². The van der Waals surface area contributed by atoms with Crippen LogP contribution >= 0.6 is 0 Å². The van der Waals surface area contributed by atoms with Gasteiger partial charge in [-0.2, -0.15) is 0 Å². The van der Waals surface area contributed by atoms with E-state index < -0.39 is 5.75 Å². The van der Waals surface area contributed by atoms with Gasteiger partial charge in [0, 0.05) is 6.20 Å². The quantitative estimate of drug-likeness (QED) is 0.317. The molecule has 0 atom stereocenters. The Balaban J connectivity index is 0.000000302. The zero-order valence-electron chi connectivity index (χ0n) is 18.8. The number of pyridine rings is 1. The molecule has 31 heavy (non-hydrogen) atoms. The van der Waals surface area contributed by atoms with Crippen LogP contribution in [0.1, 0.15) is 52.7 Å². The Morgan fingerprint density at radius 3 is 1.87 bits per heavy atom. The summed E-state index contributed by atoms with van der Waals surface area (Å²) in [4.78, 5) is 4.03. The van der Waals surface area contributed by atoms with Gasteiger partial charge >= 0.3 is 20.4 Å². The van der Waals surface area contributed by atoms with Crippen molar-refractivity contribution in [3.8, 4) is 11.5 Å². The molecule has 0 aliphatic heterocycles. The minimum atomic E-state index is -0.391. The average Bonchev–Trinajstić information content (AvgIpc) is 2.69. The Labute approximate surface area is 199 Å². The van der Waals surface area contributed by atoms with Gasteiger partial charge in [0.15, 0.2) is 5.82 Å². The van der Waals surface area contributed by atoms with Gasteiger partial charge < -0.3 is 10.2 Å². The van der Waals surface area contributed by atoms with Crippen molar-refractivity contribution in [3.63, 3.8) is 0 Å². The molecule has 0 fully saturated rings. The fraction of sp³-hybridized carbons (Fsp3) is 0.320. The summed E-state index contributed by atoms with van der Waals surface area (Å²) in [6.07, 6.45) is 1.69. The SMILES string of the molecule is CC(C)(C)c1cc([O-])c([O-])c(C(C)(C)C)c1.[Pd+2].c1ccc(N=Nc2ccccn2)cc1. The van der Waals surface area contributed by atoms with Gasteiger partial charge in [0.05, 0.1) is 5.69 Å². The van der Waals surface area contributed by atoms with Crippen LogP contribution in [0.5, 0.6) is 11.5 Å². The monoisotopic (exact) mass is 509 g/mol. The summed E-state index contributed by atoms with van der Waals surface area (Å²) in [6.45, 7) is 12.0. The van der Waals surface area contributed by atoms with Crippen molar-refractivity contribution >= 4 is 11.5 Å². The van der Waals surface area contributed by atoms with Crippen molar-refractivity contribution in [1.82, 2.24) is 4.98 Å². The van der Waals surface area contributed by atoms with Gasteiger partial charge in [-0.3, -0.25) is 0 Å². The molecule has 0 saturated heterocycles. The molecule has 6 heteroatoms. The van der Waals surface area contributed by atoms with Crippen LogP contribution in [0.25, 0.3) is 0 Å². The van der Waals surface area contributed by atoms with Crippen molar-refractivity contribution in [1.29, 1.82) is 0 Å². The van der Waals surface area contributed by atoms with Gasteiger partial charge in [-0.25, -0.2) is 4.98 Å². The van der Waals surface area contributed by atoms with Crippen molar-refractivity contribution < 1.29 is 30.6 Å². The van der Waals surface area contributed by atoms with Crippen LogP contribution in [0.15, 0.2) is 77.1 Å². The fourth-order valence-corrected chi connectivity index (χ4v) is 2.61. The van der Waals surface area contributed by atoms with E-state index in [2.05, 4.69) is 15.2 Å². The van der Waals surface area contributed by atoms with Gasteiger partial charge in [-0.05, 0) is 40.7 Å². The molecule has 0 aliphatic rings. The van der Waals surface area contributed by atoms with Gasteiger partial charge in [0.2, 0.25) is 0 Å². The minimum absolute atomic E-state index is 0. The summed E-state index contributed by atoms with van der Waals surface area (Å²) in [5, 5.41) is 31.5. The second-order valence-electron chi connectivity index (χ2n) is 9.07. The number of rotatable bonds is 2. The van der Waals surface area contributed by atoms with E-state index >= 15 is 0 Å². The molecule has 0 aliphatic carbocycles. The molecule has 0 amide bonds. The fourth-order valence-electron chi connectivity index (χ4n) is 2.61. The van der Waals surface area contributed by atoms with E-state index in [1.807, 2.05) is 96.1 Å². The smallest absolute Gasteiger partial charge is 0.873 e. The standard InChI is InChI=1S/C14H22O2.C11H9N3.Pd/c1-13(2,3)9-7-10(14(4,5)6)12(16)11(15)8-9;1-2-6-10(7-3-1)13-14-11-8-4-5-9-12-11;/h7-8,15-16H,1-6H3;1-9H;/q;;+2/p-2. The van der Waals surface area contributed by atoms with E-state index in [1.54, 1.807) is 6.20 Å². The maximum absolute atomic E-state index is 11.8. The summed E-state index contributed by atoms with van der Waals surface area (Å²) in [7, 11) is 0. The number of benzene rings is 2. The molecular formula is C25H29N3O2Pd. The molecule has 0 bridgehead atoms. The van der Waals surface area contributed by atoms with Crippen LogP contribution < -0.4 is 10.2 Å². The molecule has 166 valence electrons. The van der Waals surface area contributed by atoms with E-state index in [4.69, 9.17) is 0 Å². The second kappa shape index (κ2) is 11.2. The van der Waals surface area contributed by atoms with Crippen LogP contribution in [-0.4, -0.2) is 4.98 Å². The van der Waals surface area contributed by atoms with Gasteiger partial charge in [0.25, 0.3) is 0 Å². The zero-order chi connectivity index (χ0) is 22.4. The molecule has 5 nitrogen and oxygen atoms in total. The first-order valence-electron chi connectivity index (χ1n) is 9.89. The third-order valence-electron chi connectivity index (χ3n) is 4.40. The third-order valence-corrected chi connectivity index (χ3v) is 4.40. The van der Waals surface area contributed by atoms with Crippen LogP contribution in [0.3, 0.4) is 0 Å². The summed E-state index contributed by atoms with van der Waals surface area (Å²) in [6, 6.07) is 18.5. The second-order valence-corrected chi connectivity index (χ2v) is 9.07. The van der Waals surface area contributed by atoms with Crippen molar-refractivity contribution in [2.24, 2.45) is 10.2 Å². The first-order chi connectivity index (χ1) is 14.0. The maximum atomic E-state index is 11.8. The van der Waals surface area contributed by atoms with E-state index in [-0.39, 0.29) is 37.0 Å². The Kier molecular flexibility index (Phi) is 9.55. The normalized spacial score (nSPS) is 11.4. The Hall–Kier alpha value is -2.55. The molecule has 0 spiro atoms. The molecule has 0 radical (unpaired) electrons. The summed E-state index contributed by atoms with van der Waals surface area (Å²) < 4.78 is 0. The first-order valence-corrected chi connectivity index (χ1v) is 9.89. The van der Waals surface area contributed by atoms with Gasteiger partial charge in [-0.15, -0.1) is 21.7 Å². The van der Waals surface area contributed by atoms with Crippen LogP contribution in [0, 0.1) is 0 Å². The Bertz CT molecular complexity index is 936. The topological polar surface area (TPSA) is 83.7 Å². The van der Waals surface area contributed by atoms with Crippen molar-refractivity contribution in [2.75, 3.05) is 0 Å². The summed E-state index contributed by atoms with van der Waals surface area (Å²) in [5.41, 5.74) is 2.00. The Morgan fingerprint density at radius 2 is 1.35 bits per heavy atom. The van der Waals surface area contributed by atoms with Crippen molar-refractivity contribution in [2.45, 2.75) is 52.4 Å².